The van der Waals surface area contributed by atoms with E-state index in [4.69, 9.17) is 9.47 Å². The summed E-state index contributed by atoms with van der Waals surface area (Å²) in [7, 11) is 0. The fourth-order valence-electron chi connectivity index (χ4n) is 3.89. The molecule has 1 N–H and O–H groups in total. The van der Waals surface area contributed by atoms with Crippen LogP contribution in [0.3, 0.4) is 0 Å². The average Bonchev–Trinajstić information content (AvgIpc) is 2.62. The largest absolute Gasteiger partial charge is 0.378 e. The lowest BCUT2D eigenvalue weighted by Gasteiger charge is -2.35. The summed E-state index contributed by atoms with van der Waals surface area (Å²) in [6.45, 7) is 7.56. The molecule has 1 aromatic carbocycles. The normalized spacial score (nSPS) is 28.6. The molecule has 25 heavy (non-hydrogen) atoms. The summed E-state index contributed by atoms with van der Waals surface area (Å²) in [6.07, 6.45) is 2.53. The van der Waals surface area contributed by atoms with E-state index in [1.165, 1.54) is 0 Å². The molecule has 0 spiro atoms. The average molecular weight is 346 g/mol. The zero-order valence-electron chi connectivity index (χ0n) is 15.3. The Balaban J connectivity index is 1.67. The lowest BCUT2D eigenvalue weighted by atomic mass is 9.95. The minimum Gasteiger partial charge on any atom is -0.378 e. The molecule has 2 saturated heterocycles. The van der Waals surface area contributed by atoms with Crippen molar-refractivity contribution in [3.05, 3.63) is 35.9 Å². The topological polar surface area (TPSA) is 50.8 Å². The van der Waals surface area contributed by atoms with Crippen molar-refractivity contribution in [3.8, 4) is 0 Å². The molecular weight excluding hydrogens is 316 g/mol. The molecule has 138 valence electrons. The van der Waals surface area contributed by atoms with E-state index in [1.54, 1.807) is 0 Å². The SMILES string of the molecule is C[C@@H]1CC(NC[C@@H](C(=O)N2CCOCC2)c2ccccc2)C[C@@H](C)O1. The molecule has 3 rings (SSSR count). The van der Waals surface area contributed by atoms with Crippen molar-refractivity contribution in [2.24, 2.45) is 0 Å². The fraction of sp³-hybridized carbons (Fsp3) is 0.650. The molecule has 2 heterocycles. The van der Waals surface area contributed by atoms with E-state index in [2.05, 4.69) is 31.3 Å². The molecule has 1 aromatic rings. The first-order valence-corrected chi connectivity index (χ1v) is 9.44. The number of carbonyl (C=O) groups excluding carboxylic acids is 1. The molecule has 2 fully saturated rings. The third-order valence-corrected chi connectivity index (χ3v) is 5.13. The zero-order chi connectivity index (χ0) is 17.6. The summed E-state index contributed by atoms with van der Waals surface area (Å²) in [5.74, 6) is 0.0583. The van der Waals surface area contributed by atoms with Gasteiger partial charge >= 0.3 is 0 Å². The summed E-state index contributed by atoms with van der Waals surface area (Å²) in [6, 6.07) is 10.5. The van der Waals surface area contributed by atoms with E-state index in [9.17, 15) is 4.79 Å². The first-order valence-electron chi connectivity index (χ1n) is 9.44. The number of amides is 1. The molecule has 0 saturated carbocycles. The van der Waals surface area contributed by atoms with Gasteiger partial charge in [0.1, 0.15) is 0 Å². The predicted molar refractivity (Wildman–Crippen MR) is 97.6 cm³/mol. The highest BCUT2D eigenvalue weighted by Gasteiger charge is 2.29. The van der Waals surface area contributed by atoms with Crippen LogP contribution in [0.25, 0.3) is 0 Å². The van der Waals surface area contributed by atoms with Crippen molar-refractivity contribution in [2.75, 3.05) is 32.8 Å². The number of nitrogens with zero attached hydrogens (tertiary/aromatic N) is 1. The molecule has 2 aliphatic rings. The number of morpholine rings is 1. The summed E-state index contributed by atoms with van der Waals surface area (Å²) in [5.41, 5.74) is 1.08. The number of hydrogen-bond acceptors (Lipinski definition) is 4. The minimum absolute atomic E-state index is 0.146. The monoisotopic (exact) mass is 346 g/mol. The third-order valence-electron chi connectivity index (χ3n) is 5.13. The molecule has 5 heteroatoms. The van der Waals surface area contributed by atoms with Crippen molar-refractivity contribution >= 4 is 5.91 Å². The number of nitrogens with one attached hydrogen (secondary N) is 1. The second kappa shape index (κ2) is 8.79. The Hall–Kier alpha value is -1.43. The molecule has 0 radical (unpaired) electrons. The van der Waals surface area contributed by atoms with E-state index < -0.39 is 0 Å². The van der Waals surface area contributed by atoms with Crippen LogP contribution in [0.2, 0.25) is 0 Å². The minimum atomic E-state index is -0.146. The quantitative estimate of drug-likeness (QED) is 0.888. The highest BCUT2D eigenvalue weighted by Crippen LogP contribution is 2.22. The van der Waals surface area contributed by atoms with E-state index >= 15 is 0 Å². The van der Waals surface area contributed by atoms with Crippen molar-refractivity contribution in [2.45, 2.75) is 50.9 Å². The summed E-state index contributed by atoms with van der Waals surface area (Å²) in [5, 5.41) is 3.64. The molecule has 0 bridgehead atoms. The van der Waals surface area contributed by atoms with Crippen LogP contribution < -0.4 is 5.32 Å². The van der Waals surface area contributed by atoms with Crippen LogP contribution in [0.15, 0.2) is 30.3 Å². The van der Waals surface area contributed by atoms with Gasteiger partial charge in [-0.25, -0.2) is 0 Å². The highest BCUT2D eigenvalue weighted by atomic mass is 16.5. The van der Waals surface area contributed by atoms with Gasteiger partial charge in [-0.1, -0.05) is 30.3 Å². The molecule has 5 nitrogen and oxygen atoms in total. The van der Waals surface area contributed by atoms with Crippen LogP contribution in [0.5, 0.6) is 0 Å². The summed E-state index contributed by atoms with van der Waals surface area (Å²) < 4.78 is 11.2. The van der Waals surface area contributed by atoms with E-state index in [0.29, 0.717) is 38.9 Å². The van der Waals surface area contributed by atoms with Gasteiger partial charge in [-0.15, -0.1) is 0 Å². The van der Waals surface area contributed by atoms with Gasteiger partial charge in [0, 0.05) is 25.7 Å². The van der Waals surface area contributed by atoms with Crippen LogP contribution in [0.1, 0.15) is 38.2 Å². The maximum Gasteiger partial charge on any atom is 0.231 e. The fourth-order valence-corrected chi connectivity index (χ4v) is 3.89. The van der Waals surface area contributed by atoms with Crippen LogP contribution in [0, 0.1) is 0 Å². The Labute approximate surface area is 150 Å². The maximum atomic E-state index is 13.1. The standard InChI is InChI=1S/C20H30N2O3/c1-15-12-18(13-16(2)25-15)21-14-19(17-6-4-3-5-7-17)20(23)22-8-10-24-11-9-22/h3-7,15-16,18-19,21H,8-14H2,1-2H3/t15-,16-,19-/m1/s1. The van der Waals surface area contributed by atoms with Crippen molar-refractivity contribution < 1.29 is 14.3 Å². The van der Waals surface area contributed by atoms with E-state index in [-0.39, 0.29) is 24.0 Å². The first-order chi connectivity index (χ1) is 12.1. The highest BCUT2D eigenvalue weighted by molar-refractivity contribution is 5.84. The second-order valence-electron chi connectivity index (χ2n) is 7.23. The maximum absolute atomic E-state index is 13.1. The van der Waals surface area contributed by atoms with Gasteiger partial charge < -0.3 is 19.7 Å². The lowest BCUT2D eigenvalue weighted by molar-refractivity contribution is -0.136. The predicted octanol–water partition coefficient (Wildman–Crippen LogP) is 2.17. The Morgan fingerprint density at radius 2 is 1.80 bits per heavy atom. The van der Waals surface area contributed by atoms with Crippen molar-refractivity contribution in [1.82, 2.24) is 10.2 Å². The number of ether oxygens (including phenoxy) is 2. The number of benzene rings is 1. The lowest BCUT2D eigenvalue weighted by Crippen LogP contribution is -2.47. The molecule has 0 aromatic heterocycles. The van der Waals surface area contributed by atoms with Gasteiger partial charge in [0.25, 0.3) is 0 Å². The molecule has 0 unspecified atom stereocenters. The van der Waals surface area contributed by atoms with Crippen LogP contribution >= 0.6 is 0 Å². The first kappa shape index (κ1) is 18.4. The second-order valence-corrected chi connectivity index (χ2v) is 7.23. The Bertz CT molecular complexity index is 535. The molecule has 0 aliphatic carbocycles. The molecule has 2 aliphatic heterocycles. The van der Waals surface area contributed by atoms with E-state index in [1.807, 2.05) is 23.1 Å². The van der Waals surface area contributed by atoms with Gasteiger partial charge in [-0.05, 0) is 32.3 Å². The Morgan fingerprint density at radius 3 is 2.44 bits per heavy atom. The number of hydrogen-bond donors (Lipinski definition) is 1. The van der Waals surface area contributed by atoms with Gasteiger partial charge in [0.2, 0.25) is 5.91 Å². The molecule has 1 amide bonds. The smallest absolute Gasteiger partial charge is 0.231 e. The summed E-state index contributed by atoms with van der Waals surface area (Å²) in [4.78, 5) is 15.0. The summed E-state index contributed by atoms with van der Waals surface area (Å²) >= 11 is 0. The van der Waals surface area contributed by atoms with Crippen molar-refractivity contribution in [3.63, 3.8) is 0 Å². The third kappa shape index (κ3) is 5.03. The van der Waals surface area contributed by atoms with Crippen LogP contribution in [-0.2, 0) is 14.3 Å². The van der Waals surface area contributed by atoms with Gasteiger partial charge in [-0.3, -0.25) is 4.79 Å². The van der Waals surface area contributed by atoms with Gasteiger partial charge in [-0.2, -0.15) is 0 Å². The van der Waals surface area contributed by atoms with Crippen LogP contribution in [-0.4, -0.2) is 61.9 Å². The Kier molecular flexibility index (Phi) is 6.45. The molecule has 3 atom stereocenters. The number of carbonyl (C=O) groups is 1. The van der Waals surface area contributed by atoms with Crippen molar-refractivity contribution in [1.29, 1.82) is 0 Å². The number of rotatable bonds is 5. The zero-order valence-corrected chi connectivity index (χ0v) is 15.3. The van der Waals surface area contributed by atoms with Gasteiger partial charge in [0.15, 0.2) is 0 Å². The van der Waals surface area contributed by atoms with E-state index in [0.717, 1.165) is 18.4 Å². The molecular formula is C20H30N2O3. The Morgan fingerprint density at radius 1 is 1.16 bits per heavy atom. The van der Waals surface area contributed by atoms with Crippen LogP contribution in [0.4, 0.5) is 0 Å². The van der Waals surface area contributed by atoms with Gasteiger partial charge in [0.05, 0.1) is 31.3 Å².